The molecular weight excluding hydrogens is 144 g/mol. The van der Waals surface area contributed by atoms with Crippen LogP contribution in [-0.2, 0) is 0 Å². The van der Waals surface area contributed by atoms with Crippen LogP contribution >= 0.6 is 0 Å². The summed E-state index contributed by atoms with van der Waals surface area (Å²) in [6.45, 7) is 4.17. The van der Waals surface area contributed by atoms with E-state index in [9.17, 15) is 0 Å². The molecule has 0 aliphatic heterocycles. The molecule has 0 aromatic rings. The Kier molecular flexibility index (Phi) is 9.17. The van der Waals surface area contributed by atoms with Gasteiger partial charge in [-0.3, -0.25) is 0 Å². The first-order chi connectivity index (χ1) is 5.91. The highest BCUT2D eigenvalue weighted by atomic mass is 13.7. The highest BCUT2D eigenvalue weighted by Crippen LogP contribution is 1.88. The van der Waals surface area contributed by atoms with E-state index in [2.05, 4.69) is 43.0 Å². The number of hydrogen-bond acceptors (Lipinski definition) is 0. The predicted octanol–water partition coefficient (Wildman–Crippen LogP) is 4.02. The minimum atomic E-state index is 0.991. The van der Waals surface area contributed by atoms with Gasteiger partial charge in [-0.1, -0.05) is 31.2 Å². The van der Waals surface area contributed by atoms with Crippen molar-refractivity contribution in [2.75, 3.05) is 0 Å². The van der Waals surface area contributed by atoms with Gasteiger partial charge in [0.1, 0.15) is 0 Å². The van der Waals surface area contributed by atoms with E-state index < -0.39 is 0 Å². The lowest BCUT2D eigenvalue weighted by Gasteiger charge is -1.77. The van der Waals surface area contributed by atoms with E-state index in [0.717, 1.165) is 19.3 Å². The van der Waals surface area contributed by atoms with Gasteiger partial charge in [-0.25, -0.2) is 0 Å². The molecule has 0 aromatic heterocycles. The molecule has 0 rings (SSSR count). The van der Waals surface area contributed by atoms with Crippen molar-refractivity contribution in [3.05, 3.63) is 42.2 Å². The Hall–Kier alpha value is -1.00. The standard InChI is InChI=1S/C12H18/c1-3-5-7-9-11-12-10-8-6-4-2/h3,5-6,8-9,12H,4,7,10H2,1-2H3/b5-3+,8-6+. The Morgan fingerprint density at radius 2 is 1.67 bits per heavy atom. The third kappa shape index (κ3) is 9.00. The van der Waals surface area contributed by atoms with E-state index in [-0.39, 0.29) is 0 Å². The van der Waals surface area contributed by atoms with Crippen molar-refractivity contribution in [3.8, 4) is 0 Å². The zero-order chi connectivity index (χ0) is 9.07. The molecule has 0 unspecified atom stereocenters. The Bertz CT molecular complexity index is 188. The van der Waals surface area contributed by atoms with Gasteiger partial charge in [0.05, 0.1) is 0 Å². The molecule has 0 saturated heterocycles. The molecule has 0 nitrogen and oxygen atoms in total. The molecule has 0 N–H and O–H groups in total. The van der Waals surface area contributed by atoms with Crippen LogP contribution in [0.15, 0.2) is 42.2 Å². The molecule has 0 saturated carbocycles. The molecule has 12 heavy (non-hydrogen) atoms. The minimum absolute atomic E-state index is 0.991. The second-order valence-corrected chi connectivity index (χ2v) is 2.50. The first-order valence-corrected chi connectivity index (χ1v) is 4.57. The van der Waals surface area contributed by atoms with Crippen molar-refractivity contribution < 1.29 is 0 Å². The lowest BCUT2D eigenvalue weighted by Crippen LogP contribution is -1.57. The summed E-state index contributed by atoms with van der Waals surface area (Å²) in [7, 11) is 0. The molecule has 0 aliphatic rings. The van der Waals surface area contributed by atoms with Gasteiger partial charge < -0.3 is 0 Å². The zero-order valence-corrected chi connectivity index (χ0v) is 8.09. The molecule has 0 atom stereocenters. The third-order valence-corrected chi connectivity index (χ3v) is 1.38. The third-order valence-electron chi connectivity index (χ3n) is 1.38. The summed E-state index contributed by atoms with van der Waals surface area (Å²) in [6.07, 6.45) is 15.7. The van der Waals surface area contributed by atoms with E-state index in [0.29, 0.717) is 0 Å². The lowest BCUT2D eigenvalue weighted by atomic mass is 10.3. The summed E-state index contributed by atoms with van der Waals surface area (Å²) >= 11 is 0. The fourth-order valence-electron chi connectivity index (χ4n) is 0.754. The van der Waals surface area contributed by atoms with Gasteiger partial charge in [0, 0.05) is 0 Å². The SMILES string of the molecule is C/C=C/CC=C=CC/C=C/CC. The van der Waals surface area contributed by atoms with Gasteiger partial charge in [-0.15, -0.1) is 5.73 Å². The van der Waals surface area contributed by atoms with Crippen molar-refractivity contribution in [2.45, 2.75) is 33.1 Å². The summed E-state index contributed by atoms with van der Waals surface area (Å²) in [4.78, 5) is 0. The van der Waals surface area contributed by atoms with E-state index in [4.69, 9.17) is 0 Å². The average molecular weight is 162 g/mol. The normalized spacial score (nSPS) is 10.5. The molecule has 66 valence electrons. The Labute approximate surface area is 76.0 Å². The van der Waals surface area contributed by atoms with Crippen LogP contribution in [0.1, 0.15) is 33.1 Å². The molecule has 0 aromatic carbocycles. The fraction of sp³-hybridized carbons (Fsp3) is 0.417. The van der Waals surface area contributed by atoms with Gasteiger partial charge in [-0.2, -0.15) is 0 Å². The van der Waals surface area contributed by atoms with Crippen LogP contribution in [0.4, 0.5) is 0 Å². The van der Waals surface area contributed by atoms with Gasteiger partial charge in [0.2, 0.25) is 0 Å². The van der Waals surface area contributed by atoms with Crippen LogP contribution in [0.5, 0.6) is 0 Å². The molecule has 0 heteroatoms. The minimum Gasteiger partial charge on any atom is -0.129 e. The average Bonchev–Trinajstić information content (AvgIpc) is 2.10. The van der Waals surface area contributed by atoms with Crippen molar-refractivity contribution in [1.82, 2.24) is 0 Å². The van der Waals surface area contributed by atoms with Crippen molar-refractivity contribution in [2.24, 2.45) is 0 Å². The molecular formula is C12H18. The second-order valence-electron chi connectivity index (χ2n) is 2.50. The van der Waals surface area contributed by atoms with Crippen molar-refractivity contribution >= 4 is 0 Å². The largest absolute Gasteiger partial charge is 0.129 e. The predicted molar refractivity (Wildman–Crippen MR) is 56.1 cm³/mol. The molecule has 0 fully saturated rings. The van der Waals surface area contributed by atoms with E-state index in [1.54, 1.807) is 0 Å². The van der Waals surface area contributed by atoms with Crippen LogP contribution in [0.2, 0.25) is 0 Å². The maximum atomic E-state index is 3.13. The van der Waals surface area contributed by atoms with Crippen molar-refractivity contribution in [1.29, 1.82) is 0 Å². The van der Waals surface area contributed by atoms with Gasteiger partial charge in [0.25, 0.3) is 0 Å². The van der Waals surface area contributed by atoms with Crippen LogP contribution in [0.25, 0.3) is 0 Å². The number of rotatable bonds is 5. The first-order valence-electron chi connectivity index (χ1n) is 4.57. The van der Waals surface area contributed by atoms with Crippen molar-refractivity contribution in [3.63, 3.8) is 0 Å². The number of allylic oxidation sites excluding steroid dienone is 5. The Balaban J connectivity index is 3.46. The Morgan fingerprint density at radius 1 is 1.00 bits per heavy atom. The van der Waals surface area contributed by atoms with Gasteiger partial charge >= 0.3 is 0 Å². The smallest absolute Gasteiger partial charge is 0.00930 e. The van der Waals surface area contributed by atoms with E-state index in [1.165, 1.54) is 0 Å². The summed E-state index contributed by atoms with van der Waals surface area (Å²) in [5, 5.41) is 0. The zero-order valence-electron chi connectivity index (χ0n) is 8.09. The summed E-state index contributed by atoms with van der Waals surface area (Å²) in [6, 6.07) is 0. The van der Waals surface area contributed by atoms with Crippen LogP contribution in [-0.4, -0.2) is 0 Å². The van der Waals surface area contributed by atoms with E-state index in [1.807, 2.05) is 13.0 Å². The highest BCUT2D eigenvalue weighted by molar-refractivity contribution is 4.95. The molecule has 0 spiro atoms. The van der Waals surface area contributed by atoms with E-state index >= 15 is 0 Å². The van der Waals surface area contributed by atoms with Gasteiger partial charge in [-0.05, 0) is 38.3 Å². The lowest BCUT2D eigenvalue weighted by molar-refractivity contribution is 1.20. The molecule has 0 aliphatic carbocycles. The quantitative estimate of drug-likeness (QED) is 0.423. The monoisotopic (exact) mass is 162 g/mol. The van der Waals surface area contributed by atoms with Crippen LogP contribution in [0, 0.1) is 0 Å². The second kappa shape index (κ2) is 10.0. The maximum Gasteiger partial charge on any atom is -0.00930 e. The van der Waals surface area contributed by atoms with Crippen LogP contribution in [0.3, 0.4) is 0 Å². The summed E-state index contributed by atoms with van der Waals surface area (Å²) in [5.41, 5.74) is 3.13. The number of hydrogen-bond donors (Lipinski definition) is 0. The first kappa shape index (κ1) is 11.0. The summed E-state index contributed by atoms with van der Waals surface area (Å²) in [5.74, 6) is 0. The van der Waals surface area contributed by atoms with Gasteiger partial charge in [0.15, 0.2) is 0 Å². The summed E-state index contributed by atoms with van der Waals surface area (Å²) < 4.78 is 0. The highest BCUT2D eigenvalue weighted by Gasteiger charge is 1.68. The molecule has 0 radical (unpaired) electrons. The molecule has 0 bridgehead atoms. The molecule has 0 heterocycles. The fourth-order valence-corrected chi connectivity index (χ4v) is 0.754. The topological polar surface area (TPSA) is 0 Å². The molecule has 0 amide bonds. The Morgan fingerprint density at radius 3 is 2.25 bits per heavy atom. The van der Waals surface area contributed by atoms with Crippen LogP contribution < -0.4 is 0 Å². The maximum absolute atomic E-state index is 3.13.